The highest BCUT2D eigenvalue weighted by molar-refractivity contribution is 5.47. The first-order valence-electron chi connectivity index (χ1n) is 7.69. The van der Waals surface area contributed by atoms with E-state index in [1.165, 1.54) is 18.4 Å². The van der Waals surface area contributed by atoms with Crippen LogP contribution in [0, 0.1) is 0 Å². The maximum Gasteiger partial charge on any atom is 0.165 e. The van der Waals surface area contributed by atoms with Gasteiger partial charge in [-0.1, -0.05) is 12.1 Å². The summed E-state index contributed by atoms with van der Waals surface area (Å²) in [6, 6.07) is 7.13. The molecule has 2 aliphatic rings. The molecule has 4 nitrogen and oxygen atoms in total. The number of hydrogen-bond donors (Lipinski definition) is 2. The van der Waals surface area contributed by atoms with Gasteiger partial charge in [0.2, 0.25) is 0 Å². The molecule has 1 aromatic carbocycles. The number of ether oxygens (including phenoxy) is 2. The first-order chi connectivity index (χ1) is 9.83. The lowest BCUT2D eigenvalue weighted by Gasteiger charge is -2.27. The Kier molecular flexibility index (Phi) is 4.43. The van der Waals surface area contributed by atoms with Crippen molar-refractivity contribution in [3.05, 3.63) is 23.8 Å². The molecule has 1 aromatic rings. The molecule has 0 aromatic heterocycles. The minimum absolute atomic E-state index is 0.401. The summed E-state index contributed by atoms with van der Waals surface area (Å²) in [5.74, 6) is 1.80. The number of hydrogen-bond acceptors (Lipinski definition) is 4. The van der Waals surface area contributed by atoms with Crippen molar-refractivity contribution in [2.75, 3.05) is 13.2 Å². The van der Waals surface area contributed by atoms with Crippen molar-refractivity contribution in [3.63, 3.8) is 0 Å². The number of nitrogens with two attached hydrogens (primary N) is 1. The van der Waals surface area contributed by atoms with E-state index in [0.717, 1.165) is 50.5 Å². The smallest absolute Gasteiger partial charge is 0.165 e. The molecule has 0 atom stereocenters. The normalized spacial score (nSPS) is 26.1. The Labute approximate surface area is 120 Å². The number of nitrogens with one attached hydrogen (secondary N) is 1. The van der Waals surface area contributed by atoms with E-state index in [0.29, 0.717) is 12.1 Å². The van der Waals surface area contributed by atoms with Gasteiger partial charge in [0.1, 0.15) is 0 Å². The van der Waals surface area contributed by atoms with Crippen molar-refractivity contribution in [2.24, 2.45) is 5.73 Å². The molecule has 0 radical (unpaired) electrons. The summed E-state index contributed by atoms with van der Waals surface area (Å²) in [6.07, 6.45) is 5.55. The van der Waals surface area contributed by atoms with E-state index in [1.54, 1.807) is 0 Å². The van der Waals surface area contributed by atoms with Crippen molar-refractivity contribution in [1.29, 1.82) is 0 Å². The lowest BCUT2D eigenvalue weighted by atomic mass is 9.92. The fourth-order valence-corrected chi connectivity index (χ4v) is 2.97. The minimum atomic E-state index is 0.401. The molecule has 0 amide bonds. The lowest BCUT2D eigenvalue weighted by Crippen LogP contribution is -2.37. The first-order valence-corrected chi connectivity index (χ1v) is 7.69. The molecule has 1 saturated carbocycles. The Morgan fingerprint density at radius 2 is 1.90 bits per heavy atom. The maximum absolute atomic E-state index is 5.95. The molecule has 0 bridgehead atoms. The zero-order chi connectivity index (χ0) is 13.8. The van der Waals surface area contributed by atoms with Crippen LogP contribution in [0.3, 0.4) is 0 Å². The van der Waals surface area contributed by atoms with Crippen LogP contribution in [-0.2, 0) is 6.54 Å². The van der Waals surface area contributed by atoms with Crippen LogP contribution >= 0.6 is 0 Å². The van der Waals surface area contributed by atoms with E-state index in [2.05, 4.69) is 11.4 Å². The van der Waals surface area contributed by atoms with Crippen LogP contribution in [0.2, 0.25) is 0 Å². The second-order valence-electron chi connectivity index (χ2n) is 5.79. The number of rotatable bonds is 3. The fraction of sp³-hybridized carbons (Fsp3) is 0.625. The molecule has 1 aliphatic carbocycles. The lowest BCUT2D eigenvalue weighted by molar-refractivity contribution is 0.295. The van der Waals surface area contributed by atoms with Gasteiger partial charge in [-0.15, -0.1) is 0 Å². The Morgan fingerprint density at radius 1 is 1.10 bits per heavy atom. The van der Waals surface area contributed by atoms with Crippen molar-refractivity contribution in [3.8, 4) is 11.5 Å². The molecule has 3 rings (SSSR count). The Morgan fingerprint density at radius 3 is 2.75 bits per heavy atom. The SMILES string of the molecule is NC1CCC(NCc2cccc3c2OCCCO3)CC1. The molecule has 1 aliphatic heterocycles. The number of benzene rings is 1. The minimum Gasteiger partial charge on any atom is -0.490 e. The van der Waals surface area contributed by atoms with Gasteiger partial charge in [-0.05, 0) is 31.7 Å². The van der Waals surface area contributed by atoms with Crippen molar-refractivity contribution in [1.82, 2.24) is 5.32 Å². The van der Waals surface area contributed by atoms with Gasteiger partial charge in [-0.3, -0.25) is 0 Å². The molecule has 3 N–H and O–H groups in total. The summed E-state index contributed by atoms with van der Waals surface area (Å²) in [7, 11) is 0. The summed E-state index contributed by atoms with van der Waals surface area (Å²) in [5, 5.41) is 3.64. The quantitative estimate of drug-likeness (QED) is 0.888. The topological polar surface area (TPSA) is 56.5 Å². The van der Waals surface area contributed by atoms with Crippen LogP contribution in [0.4, 0.5) is 0 Å². The predicted molar refractivity (Wildman–Crippen MR) is 79.1 cm³/mol. The predicted octanol–water partition coefficient (Wildman–Crippen LogP) is 2.21. The summed E-state index contributed by atoms with van der Waals surface area (Å²) >= 11 is 0. The first kappa shape index (κ1) is 13.7. The fourth-order valence-electron chi connectivity index (χ4n) is 2.97. The van der Waals surface area contributed by atoms with Gasteiger partial charge >= 0.3 is 0 Å². The zero-order valence-corrected chi connectivity index (χ0v) is 11.9. The standard InChI is InChI=1S/C16H24N2O2/c17-13-5-7-14(8-6-13)18-11-12-3-1-4-15-16(12)20-10-2-9-19-15/h1,3-4,13-14,18H,2,5-11,17H2. The molecule has 0 spiro atoms. The average Bonchev–Trinajstić information content (AvgIpc) is 2.72. The van der Waals surface area contributed by atoms with Crippen LogP contribution in [-0.4, -0.2) is 25.3 Å². The van der Waals surface area contributed by atoms with E-state index in [-0.39, 0.29) is 0 Å². The van der Waals surface area contributed by atoms with Crippen LogP contribution in [0.15, 0.2) is 18.2 Å². The number of fused-ring (bicyclic) bond motifs is 1. The van der Waals surface area contributed by atoms with E-state index >= 15 is 0 Å². The van der Waals surface area contributed by atoms with Crippen molar-refractivity contribution < 1.29 is 9.47 Å². The summed E-state index contributed by atoms with van der Waals surface area (Å²) < 4.78 is 11.6. The second-order valence-corrected chi connectivity index (χ2v) is 5.79. The maximum atomic E-state index is 5.95. The van der Waals surface area contributed by atoms with E-state index < -0.39 is 0 Å². The van der Waals surface area contributed by atoms with E-state index in [9.17, 15) is 0 Å². The third-order valence-electron chi connectivity index (χ3n) is 4.21. The average molecular weight is 276 g/mol. The van der Waals surface area contributed by atoms with Crippen LogP contribution in [0.5, 0.6) is 11.5 Å². The molecule has 110 valence electrons. The van der Waals surface area contributed by atoms with Crippen molar-refractivity contribution >= 4 is 0 Å². The molecule has 1 fully saturated rings. The largest absolute Gasteiger partial charge is 0.490 e. The van der Waals surface area contributed by atoms with Gasteiger partial charge in [-0.2, -0.15) is 0 Å². The molecular weight excluding hydrogens is 252 g/mol. The number of para-hydroxylation sites is 1. The molecule has 4 heteroatoms. The summed E-state index contributed by atoms with van der Waals surface area (Å²) in [5.41, 5.74) is 7.14. The Bertz CT molecular complexity index is 442. The van der Waals surface area contributed by atoms with Gasteiger partial charge in [0.25, 0.3) is 0 Å². The zero-order valence-electron chi connectivity index (χ0n) is 11.9. The van der Waals surface area contributed by atoms with Crippen molar-refractivity contribution in [2.45, 2.75) is 50.7 Å². The van der Waals surface area contributed by atoms with E-state index in [1.807, 2.05) is 12.1 Å². The van der Waals surface area contributed by atoms with Gasteiger partial charge in [0.05, 0.1) is 13.2 Å². The Hall–Kier alpha value is -1.26. The second kappa shape index (κ2) is 6.46. The summed E-state index contributed by atoms with van der Waals surface area (Å²) in [6.45, 7) is 2.32. The molecule has 20 heavy (non-hydrogen) atoms. The molecule has 0 unspecified atom stereocenters. The molecule has 0 saturated heterocycles. The van der Waals surface area contributed by atoms with Gasteiger partial charge in [0.15, 0.2) is 11.5 Å². The highest BCUT2D eigenvalue weighted by Gasteiger charge is 2.19. The Balaban J connectivity index is 1.62. The third-order valence-corrected chi connectivity index (χ3v) is 4.21. The van der Waals surface area contributed by atoms with Gasteiger partial charge in [-0.25, -0.2) is 0 Å². The molecule has 1 heterocycles. The van der Waals surface area contributed by atoms with E-state index in [4.69, 9.17) is 15.2 Å². The molecular formula is C16H24N2O2. The van der Waals surface area contributed by atoms with Gasteiger partial charge in [0, 0.05) is 30.6 Å². The van der Waals surface area contributed by atoms with Crippen LogP contribution < -0.4 is 20.5 Å². The highest BCUT2D eigenvalue weighted by Crippen LogP contribution is 2.33. The highest BCUT2D eigenvalue weighted by atomic mass is 16.5. The monoisotopic (exact) mass is 276 g/mol. The van der Waals surface area contributed by atoms with Crippen LogP contribution in [0.25, 0.3) is 0 Å². The third kappa shape index (κ3) is 3.25. The summed E-state index contributed by atoms with van der Waals surface area (Å²) in [4.78, 5) is 0. The van der Waals surface area contributed by atoms with Gasteiger partial charge < -0.3 is 20.5 Å². The van der Waals surface area contributed by atoms with Crippen LogP contribution in [0.1, 0.15) is 37.7 Å².